The van der Waals surface area contributed by atoms with Gasteiger partial charge in [0, 0.05) is 19.1 Å². The van der Waals surface area contributed by atoms with Crippen molar-refractivity contribution >= 4 is 11.8 Å². The Hall–Kier alpha value is -1.14. The lowest BCUT2D eigenvalue weighted by molar-refractivity contribution is -0.138. The first-order valence-electron chi connectivity index (χ1n) is 7.67. The number of hydrogen-bond acceptors (Lipinski definition) is 4. The molecule has 1 aliphatic heterocycles. The van der Waals surface area contributed by atoms with Gasteiger partial charge in [-0.3, -0.25) is 14.5 Å². The molecule has 3 N–H and O–H groups in total. The quantitative estimate of drug-likeness (QED) is 0.715. The van der Waals surface area contributed by atoms with Gasteiger partial charge in [0.15, 0.2) is 0 Å². The van der Waals surface area contributed by atoms with Gasteiger partial charge >= 0.3 is 0 Å². The van der Waals surface area contributed by atoms with E-state index < -0.39 is 5.91 Å². The van der Waals surface area contributed by atoms with Gasteiger partial charge in [0.2, 0.25) is 11.8 Å². The van der Waals surface area contributed by atoms with Crippen LogP contribution in [0.4, 0.5) is 0 Å². The summed E-state index contributed by atoms with van der Waals surface area (Å²) in [4.78, 5) is 27.6. The SMILES string of the molecule is NC(=O)CN(C(=O)CN1CCCNCC1)C1CCCC1. The molecular weight excluding hydrogens is 256 g/mol. The summed E-state index contributed by atoms with van der Waals surface area (Å²) < 4.78 is 0. The lowest BCUT2D eigenvalue weighted by Crippen LogP contribution is -2.48. The molecule has 0 spiro atoms. The number of rotatable bonds is 5. The fourth-order valence-electron chi connectivity index (χ4n) is 3.15. The van der Waals surface area contributed by atoms with E-state index in [-0.39, 0.29) is 18.5 Å². The van der Waals surface area contributed by atoms with Crippen molar-refractivity contribution in [3.05, 3.63) is 0 Å². The monoisotopic (exact) mass is 282 g/mol. The van der Waals surface area contributed by atoms with Crippen molar-refractivity contribution in [3.8, 4) is 0 Å². The molecule has 0 atom stereocenters. The Kier molecular flexibility index (Phi) is 5.79. The standard InChI is InChI=1S/C14H26N4O2/c15-13(19)10-18(12-4-1-2-5-12)14(20)11-17-8-3-6-16-7-9-17/h12,16H,1-11H2,(H2,15,19). The molecule has 1 saturated heterocycles. The van der Waals surface area contributed by atoms with Gasteiger partial charge in [0.25, 0.3) is 0 Å². The van der Waals surface area contributed by atoms with Gasteiger partial charge in [0.05, 0.1) is 13.1 Å². The van der Waals surface area contributed by atoms with Crippen molar-refractivity contribution in [1.29, 1.82) is 0 Å². The summed E-state index contributed by atoms with van der Waals surface area (Å²) >= 11 is 0. The van der Waals surface area contributed by atoms with E-state index in [1.807, 2.05) is 0 Å². The molecule has 2 amide bonds. The molecular formula is C14H26N4O2. The minimum absolute atomic E-state index is 0.0533. The van der Waals surface area contributed by atoms with Crippen LogP contribution in [0.5, 0.6) is 0 Å². The number of carbonyl (C=O) groups is 2. The third-order valence-corrected chi connectivity index (χ3v) is 4.20. The van der Waals surface area contributed by atoms with Crippen molar-refractivity contribution in [2.75, 3.05) is 39.3 Å². The van der Waals surface area contributed by atoms with Crippen LogP contribution in [0.1, 0.15) is 32.1 Å². The number of amides is 2. The van der Waals surface area contributed by atoms with Crippen LogP contribution in [0.3, 0.4) is 0 Å². The Morgan fingerprint density at radius 3 is 2.60 bits per heavy atom. The summed E-state index contributed by atoms with van der Waals surface area (Å²) in [5.41, 5.74) is 5.30. The average molecular weight is 282 g/mol. The van der Waals surface area contributed by atoms with Gasteiger partial charge < -0.3 is 16.0 Å². The van der Waals surface area contributed by atoms with Crippen LogP contribution in [-0.4, -0.2) is 66.9 Å². The first-order valence-corrected chi connectivity index (χ1v) is 7.67. The molecule has 2 aliphatic rings. The Morgan fingerprint density at radius 1 is 1.15 bits per heavy atom. The summed E-state index contributed by atoms with van der Waals surface area (Å²) in [7, 11) is 0. The third kappa shape index (κ3) is 4.45. The summed E-state index contributed by atoms with van der Waals surface area (Å²) in [6, 6.07) is 0.208. The fraction of sp³-hybridized carbons (Fsp3) is 0.857. The highest BCUT2D eigenvalue weighted by Crippen LogP contribution is 2.23. The zero-order valence-corrected chi connectivity index (χ0v) is 12.1. The molecule has 6 heteroatoms. The van der Waals surface area contributed by atoms with E-state index in [0.717, 1.165) is 58.3 Å². The zero-order valence-electron chi connectivity index (χ0n) is 12.1. The number of nitrogens with two attached hydrogens (primary N) is 1. The van der Waals surface area contributed by atoms with Crippen LogP contribution in [0, 0.1) is 0 Å². The Balaban J connectivity index is 1.92. The maximum Gasteiger partial charge on any atom is 0.237 e. The summed E-state index contributed by atoms with van der Waals surface area (Å²) in [6.45, 7) is 4.24. The highest BCUT2D eigenvalue weighted by Gasteiger charge is 2.28. The van der Waals surface area contributed by atoms with Crippen LogP contribution in [0.15, 0.2) is 0 Å². The minimum Gasteiger partial charge on any atom is -0.368 e. The highest BCUT2D eigenvalue weighted by atomic mass is 16.2. The second-order valence-electron chi connectivity index (χ2n) is 5.81. The smallest absolute Gasteiger partial charge is 0.237 e. The van der Waals surface area contributed by atoms with E-state index in [1.54, 1.807) is 4.90 Å². The molecule has 114 valence electrons. The van der Waals surface area contributed by atoms with Crippen LogP contribution >= 0.6 is 0 Å². The second kappa shape index (κ2) is 7.59. The van der Waals surface area contributed by atoms with Crippen molar-refractivity contribution in [2.45, 2.75) is 38.1 Å². The van der Waals surface area contributed by atoms with Crippen molar-refractivity contribution in [2.24, 2.45) is 5.73 Å². The number of nitrogens with zero attached hydrogens (tertiary/aromatic N) is 2. The Morgan fingerprint density at radius 2 is 1.90 bits per heavy atom. The maximum atomic E-state index is 12.5. The molecule has 0 unspecified atom stereocenters. The molecule has 0 aromatic carbocycles. The fourth-order valence-corrected chi connectivity index (χ4v) is 3.15. The van der Waals surface area contributed by atoms with Crippen molar-refractivity contribution < 1.29 is 9.59 Å². The van der Waals surface area contributed by atoms with E-state index in [2.05, 4.69) is 10.2 Å². The number of nitrogens with one attached hydrogen (secondary N) is 1. The first-order chi connectivity index (χ1) is 9.66. The van der Waals surface area contributed by atoms with E-state index >= 15 is 0 Å². The number of carbonyl (C=O) groups excluding carboxylic acids is 2. The number of primary amides is 1. The van der Waals surface area contributed by atoms with Crippen LogP contribution in [0.25, 0.3) is 0 Å². The van der Waals surface area contributed by atoms with Crippen molar-refractivity contribution in [1.82, 2.24) is 15.1 Å². The lowest BCUT2D eigenvalue weighted by atomic mass is 10.2. The predicted molar refractivity (Wildman–Crippen MR) is 77.1 cm³/mol. The van der Waals surface area contributed by atoms with Gasteiger partial charge in [-0.2, -0.15) is 0 Å². The lowest BCUT2D eigenvalue weighted by Gasteiger charge is -2.30. The van der Waals surface area contributed by atoms with E-state index in [4.69, 9.17) is 5.73 Å². The molecule has 20 heavy (non-hydrogen) atoms. The minimum atomic E-state index is -0.414. The van der Waals surface area contributed by atoms with Crippen LogP contribution < -0.4 is 11.1 Å². The summed E-state index contributed by atoms with van der Waals surface area (Å²) in [5, 5.41) is 3.33. The summed E-state index contributed by atoms with van der Waals surface area (Å²) in [5.74, 6) is -0.361. The van der Waals surface area contributed by atoms with E-state index in [0.29, 0.717) is 6.54 Å². The molecule has 2 fully saturated rings. The maximum absolute atomic E-state index is 12.5. The molecule has 1 heterocycles. The third-order valence-electron chi connectivity index (χ3n) is 4.20. The molecule has 0 aromatic rings. The topological polar surface area (TPSA) is 78.7 Å². The van der Waals surface area contributed by atoms with Gasteiger partial charge in [-0.25, -0.2) is 0 Å². The molecule has 0 radical (unpaired) electrons. The molecule has 1 saturated carbocycles. The van der Waals surface area contributed by atoms with Gasteiger partial charge in [-0.05, 0) is 32.4 Å². The van der Waals surface area contributed by atoms with Gasteiger partial charge in [-0.1, -0.05) is 12.8 Å². The van der Waals surface area contributed by atoms with Gasteiger partial charge in [-0.15, -0.1) is 0 Å². The normalized spacial score (nSPS) is 21.6. The summed E-state index contributed by atoms with van der Waals surface area (Å²) in [6.07, 6.45) is 5.34. The molecule has 1 aliphatic carbocycles. The van der Waals surface area contributed by atoms with Gasteiger partial charge in [0.1, 0.15) is 0 Å². The van der Waals surface area contributed by atoms with E-state index in [1.165, 1.54) is 0 Å². The molecule has 0 bridgehead atoms. The molecule has 6 nitrogen and oxygen atoms in total. The molecule has 0 aromatic heterocycles. The zero-order chi connectivity index (χ0) is 14.4. The van der Waals surface area contributed by atoms with Crippen LogP contribution in [0.2, 0.25) is 0 Å². The Bertz CT molecular complexity index is 334. The predicted octanol–water partition coefficient (Wildman–Crippen LogP) is -0.462. The average Bonchev–Trinajstić information content (AvgIpc) is 2.81. The first kappa shape index (κ1) is 15.3. The number of hydrogen-bond donors (Lipinski definition) is 2. The largest absolute Gasteiger partial charge is 0.368 e. The van der Waals surface area contributed by atoms with Crippen molar-refractivity contribution in [3.63, 3.8) is 0 Å². The van der Waals surface area contributed by atoms with E-state index in [9.17, 15) is 9.59 Å². The highest BCUT2D eigenvalue weighted by molar-refractivity contribution is 5.85. The Labute approximate surface area is 120 Å². The van der Waals surface area contributed by atoms with Crippen LogP contribution in [-0.2, 0) is 9.59 Å². The molecule has 2 rings (SSSR count). The second-order valence-corrected chi connectivity index (χ2v) is 5.81.